The van der Waals surface area contributed by atoms with Gasteiger partial charge < -0.3 is 5.11 Å². The first-order valence-corrected chi connectivity index (χ1v) is 11.6. The molecule has 2 N–H and O–H groups in total. The molecule has 0 aliphatic carbocycles. The summed E-state index contributed by atoms with van der Waals surface area (Å²) in [5, 5.41) is 7.11. The summed E-state index contributed by atoms with van der Waals surface area (Å²) in [7, 11) is -4.48. The molecule has 0 saturated heterocycles. The minimum Gasteiger partial charge on any atom is -0.480 e. The summed E-state index contributed by atoms with van der Waals surface area (Å²) in [6.45, 7) is 2.24. The number of unbranched alkanes of at least 4 members (excludes halogenated alkanes) is 14. The maximum absolute atomic E-state index is 10.9. The summed E-state index contributed by atoms with van der Waals surface area (Å²) in [6.07, 6.45) is 18.0. The molecule has 0 aliphatic heterocycles. The van der Waals surface area contributed by atoms with Crippen molar-refractivity contribution in [2.24, 2.45) is 0 Å². The van der Waals surface area contributed by atoms with Crippen LogP contribution in [0.15, 0.2) is 0 Å². The summed E-state index contributed by atoms with van der Waals surface area (Å²) in [5.74, 6) is -1.46. The molecule has 0 aromatic carbocycles. The molecule has 0 bridgehead atoms. The Morgan fingerprint density at radius 2 is 1.04 bits per heavy atom. The van der Waals surface area contributed by atoms with E-state index in [0.717, 1.165) is 19.3 Å². The molecule has 0 heterocycles. The molecule has 25 heavy (non-hydrogen) atoms. The predicted octanol–water partition coefficient (Wildman–Crippen LogP) is 5.59. The van der Waals surface area contributed by atoms with Crippen molar-refractivity contribution in [2.45, 2.75) is 115 Å². The highest BCUT2D eigenvalue weighted by Crippen LogP contribution is 2.15. The van der Waals surface area contributed by atoms with E-state index < -0.39 is 21.3 Å². The van der Waals surface area contributed by atoms with Crippen molar-refractivity contribution in [1.82, 2.24) is 0 Å². The largest absolute Gasteiger partial charge is 0.480 e. The van der Waals surface area contributed by atoms with E-state index in [-0.39, 0.29) is 6.42 Å². The van der Waals surface area contributed by atoms with Crippen LogP contribution in [0.25, 0.3) is 0 Å². The molecule has 0 aromatic rings. The van der Waals surface area contributed by atoms with Crippen LogP contribution < -0.4 is 0 Å². The zero-order valence-electron chi connectivity index (χ0n) is 15.9. The molecule has 6 heteroatoms. The predicted molar refractivity (Wildman–Crippen MR) is 103 cm³/mol. The van der Waals surface area contributed by atoms with Gasteiger partial charge in [-0.3, -0.25) is 9.35 Å². The van der Waals surface area contributed by atoms with E-state index in [0.29, 0.717) is 6.42 Å². The lowest BCUT2D eigenvalue weighted by Crippen LogP contribution is -2.29. The van der Waals surface area contributed by atoms with Crippen LogP contribution in [0.1, 0.15) is 110 Å². The molecule has 150 valence electrons. The summed E-state index contributed by atoms with van der Waals surface area (Å²) < 4.78 is 30.7. The average Bonchev–Trinajstić information content (AvgIpc) is 2.53. The fourth-order valence-electron chi connectivity index (χ4n) is 3.10. The minimum atomic E-state index is -4.48. The van der Waals surface area contributed by atoms with Crippen molar-refractivity contribution in [3.8, 4) is 0 Å². The monoisotopic (exact) mass is 378 g/mol. The summed E-state index contributed by atoms with van der Waals surface area (Å²) in [6, 6.07) is 0. The summed E-state index contributed by atoms with van der Waals surface area (Å²) >= 11 is 0. The maximum atomic E-state index is 10.9. The van der Waals surface area contributed by atoms with Crippen molar-refractivity contribution >= 4 is 16.1 Å². The van der Waals surface area contributed by atoms with Gasteiger partial charge in [-0.05, 0) is 6.42 Å². The van der Waals surface area contributed by atoms with Gasteiger partial charge in [-0.2, -0.15) is 8.42 Å². The first-order valence-electron chi connectivity index (χ1n) is 10.1. The molecular formula is C19H38O5S. The van der Waals surface area contributed by atoms with Gasteiger partial charge in [0, 0.05) is 0 Å². The summed E-state index contributed by atoms with van der Waals surface area (Å²) in [4.78, 5) is 10.8. The van der Waals surface area contributed by atoms with Crippen molar-refractivity contribution in [3.63, 3.8) is 0 Å². The fraction of sp³-hybridized carbons (Fsp3) is 0.947. The second-order valence-corrected chi connectivity index (χ2v) is 8.68. The van der Waals surface area contributed by atoms with Crippen LogP contribution in [-0.4, -0.2) is 29.3 Å². The highest BCUT2D eigenvalue weighted by molar-refractivity contribution is 7.87. The number of rotatable bonds is 18. The normalized spacial score (nSPS) is 13.0. The Labute approximate surface area is 154 Å². The Morgan fingerprint density at radius 1 is 0.720 bits per heavy atom. The molecule has 0 fully saturated rings. The van der Waals surface area contributed by atoms with Crippen LogP contribution in [-0.2, 0) is 14.9 Å². The van der Waals surface area contributed by atoms with Gasteiger partial charge in [-0.1, -0.05) is 103 Å². The molecule has 0 radical (unpaired) electrons. The highest BCUT2D eigenvalue weighted by atomic mass is 32.2. The number of carboxylic acids is 1. The SMILES string of the molecule is CCCCCCCCCCCCCCCCCC(C(=O)O)S(=O)(=O)O. The van der Waals surface area contributed by atoms with Crippen LogP contribution in [0.2, 0.25) is 0 Å². The average molecular weight is 379 g/mol. The lowest BCUT2D eigenvalue weighted by Gasteiger charge is -2.08. The van der Waals surface area contributed by atoms with E-state index >= 15 is 0 Å². The number of hydrogen-bond acceptors (Lipinski definition) is 3. The zero-order chi connectivity index (χ0) is 19.0. The van der Waals surface area contributed by atoms with Crippen molar-refractivity contribution in [3.05, 3.63) is 0 Å². The van der Waals surface area contributed by atoms with Crippen LogP contribution in [0.4, 0.5) is 0 Å². The molecule has 0 aromatic heterocycles. The quantitative estimate of drug-likeness (QED) is 0.240. The van der Waals surface area contributed by atoms with Crippen LogP contribution in [0.5, 0.6) is 0 Å². The number of carbonyl (C=O) groups is 1. The van der Waals surface area contributed by atoms with Gasteiger partial charge in [0.15, 0.2) is 5.25 Å². The fourth-order valence-corrected chi connectivity index (χ4v) is 3.82. The van der Waals surface area contributed by atoms with E-state index in [2.05, 4.69) is 6.92 Å². The molecule has 0 amide bonds. The van der Waals surface area contributed by atoms with Crippen LogP contribution in [0, 0.1) is 0 Å². The first kappa shape index (κ1) is 24.4. The van der Waals surface area contributed by atoms with E-state index in [1.54, 1.807) is 0 Å². The van der Waals surface area contributed by atoms with Gasteiger partial charge in [0.1, 0.15) is 0 Å². The van der Waals surface area contributed by atoms with Gasteiger partial charge in [0.25, 0.3) is 10.1 Å². The minimum absolute atomic E-state index is 0.00752. The van der Waals surface area contributed by atoms with Crippen molar-refractivity contribution in [1.29, 1.82) is 0 Å². The maximum Gasteiger partial charge on any atom is 0.324 e. The van der Waals surface area contributed by atoms with Crippen molar-refractivity contribution in [2.75, 3.05) is 0 Å². The molecule has 0 aliphatic rings. The number of hydrogen-bond donors (Lipinski definition) is 2. The van der Waals surface area contributed by atoms with Gasteiger partial charge >= 0.3 is 5.97 Å². The Kier molecular flexibility index (Phi) is 15.2. The van der Waals surface area contributed by atoms with E-state index in [4.69, 9.17) is 9.66 Å². The van der Waals surface area contributed by atoms with Gasteiger partial charge in [0.2, 0.25) is 0 Å². The van der Waals surface area contributed by atoms with Gasteiger partial charge in [-0.25, -0.2) is 0 Å². The Bertz CT molecular complexity index is 420. The molecule has 1 unspecified atom stereocenters. The van der Waals surface area contributed by atoms with Crippen LogP contribution in [0.3, 0.4) is 0 Å². The second-order valence-electron chi connectivity index (χ2n) is 7.08. The number of carboxylic acid groups (broad SMARTS) is 1. The molecule has 0 saturated carbocycles. The molecular weight excluding hydrogens is 340 g/mol. The van der Waals surface area contributed by atoms with E-state index in [1.165, 1.54) is 70.6 Å². The zero-order valence-corrected chi connectivity index (χ0v) is 16.7. The molecule has 5 nitrogen and oxygen atoms in total. The second kappa shape index (κ2) is 15.6. The Hall–Kier alpha value is -0.620. The Balaban J connectivity index is 3.35. The first-order chi connectivity index (χ1) is 11.9. The standard InChI is InChI=1S/C19H38O5S/c1-2-3-4-5-6-7-8-9-10-11-12-13-14-15-16-17-18(19(20)21)25(22,23)24/h18H,2-17H2,1H3,(H,20,21)(H,22,23,24). The lowest BCUT2D eigenvalue weighted by atomic mass is 10.0. The van der Waals surface area contributed by atoms with Crippen LogP contribution >= 0.6 is 0 Å². The Morgan fingerprint density at radius 3 is 1.32 bits per heavy atom. The number of aliphatic carboxylic acids is 1. The smallest absolute Gasteiger partial charge is 0.324 e. The topological polar surface area (TPSA) is 91.7 Å². The van der Waals surface area contributed by atoms with E-state index in [1.807, 2.05) is 0 Å². The molecule has 0 spiro atoms. The molecule has 1 atom stereocenters. The van der Waals surface area contributed by atoms with Crippen molar-refractivity contribution < 1.29 is 22.9 Å². The third-order valence-corrected chi connectivity index (χ3v) is 5.86. The van der Waals surface area contributed by atoms with E-state index in [9.17, 15) is 13.2 Å². The van der Waals surface area contributed by atoms with Gasteiger partial charge in [-0.15, -0.1) is 0 Å². The lowest BCUT2D eigenvalue weighted by molar-refractivity contribution is -0.136. The third-order valence-electron chi connectivity index (χ3n) is 4.70. The highest BCUT2D eigenvalue weighted by Gasteiger charge is 2.29. The van der Waals surface area contributed by atoms with Gasteiger partial charge in [0.05, 0.1) is 0 Å². The summed E-state index contributed by atoms with van der Waals surface area (Å²) in [5.41, 5.74) is 0. The molecule has 0 rings (SSSR count). The third kappa shape index (κ3) is 15.4.